The molecule has 0 bridgehead atoms. The second-order valence-corrected chi connectivity index (χ2v) is 3.76. The molecule has 0 aliphatic carbocycles. The molecule has 0 atom stereocenters. The van der Waals surface area contributed by atoms with Gasteiger partial charge in [0.05, 0.1) is 0 Å². The Labute approximate surface area is 53.4 Å². The molecule has 4 nitrogen and oxygen atoms in total. The molecule has 4 N–H and O–H groups in total. The van der Waals surface area contributed by atoms with Crippen molar-refractivity contribution in [3.05, 3.63) is 0 Å². The van der Waals surface area contributed by atoms with Gasteiger partial charge in [-0.25, -0.2) is 0 Å². The predicted octanol–water partition coefficient (Wildman–Crippen LogP) is -0.508. The largest absolute Gasteiger partial charge is 0.344 e. The van der Waals surface area contributed by atoms with Gasteiger partial charge in [0.25, 0.3) is 16.1 Å². The van der Waals surface area contributed by atoms with Crippen molar-refractivity contribution < 1.29 is 36.6 Å². The van der Waals surface area contributed by atoms with E-state index in [4.69, 9.17) is 19.6 Å². The van der Waals surface area contributed by atoms with Gasteiger partial charge in [0.2, 0.25) is 0 Å². The van der Waals surface area contributed by atoms with E-state index in [0.29, 0.717) is 0 Å². The van der Waals surface area contributed by atoms with Crippen molar-refractivity contribution >= 4 is 16.1 Å². The molecule has 0 saturated carbocycles. The number of hydrogen-bond acceptors (Lipinski definition) is 4. The van der Waals surface area contributed by atoms with Crippen molar-refractivity contribution in [2.75, 3.05) is 0 Å². The molecule has 0 unspecified atom stereocenters. The van der Waals surface area contributed by atoms with E-state index >= 15 is 0 Å². The monoisotopic (exact) mass is 185 g/mol. The Kier molecular flexibility index (Phi) is 8.48. The third-order valence-electron chi connectivity index (χ3n) is 0.160. The van der Waals surface area contributed by atoms with Gasteiger partial charge in [0.15, 0.2) is 0 Å². The average Bonchev–Trinajstić information content (AvgIpc) is 1.36. The van der Waals surface area contributed by atoms with Crippen LogP contribution in [0.4, 0.5) is 0 Å². The Bertz CT molecular complexity index is 30.7. The molecular weight excluding hydrogens is 181 g/mol. The minimum atomic E-state index is -2.48. The van der Waals surface area contributed by atoms with Crippen LogP contribution in [0.15, 0.2) is 0 Å². The van der Waals surface area contributed by atoms with E-state index in [2.05, 4.69) is 0 Å². The van der Waals surface area contributed by atoms with Gasteiger partial charge in [0.1, 0.15) is 0 Å². The quantitative estimate of drug-likeness (QED) is 0.327. The molecule has 0 aliphatic heterocycles. The van der Waals surface area contributed by atoms with Gasteiger partial charge in [-0.1, -0.05) is 0 Å². The summed E-state index contributed by atoms with van der Waals surface area (Å²) in [7, 11) is -4.97. The van der Waals surface area contributed by atoms with E-state index in [-0.39, 0.29) is 17.1 Å². The van der Waals surface area contributed by atoms with Crippen LogP contribution in [0.5, 0.6) is 0 Å². The van der Waals surface area contributed by atoms with E-state index in [9.17, 15) is 0 Å². The van der Waals surface area contributed by atoms with E-state index < -0.39 is 16.1 Å². The summed E-state index contributed by atoms with van der Waals surface area (Å²) in [5, 5.41) is 0. The fourth-order valence-corrected chi connectivity index (χ4v) is 0. The summed E-state index contributed by atoms with van der Waals surface area (Å²) >= 11 is 0. The fourth-order valence-electron chi connectivity index (χ4n) is 0. The molecule has 45 valence electrons. The average molecular weight is 185 g/mol. The molecule has 0 aromatic carbocycles. The summed E-state index contributed by atoms with van der Waals surface area (Å²) < 4.78 is 0. The van der Waals surface area contributed by atoms with Gasteiger partial charge in [-0.05, 0) is 0 Å². The zero-order valence-electron chi connectivity index (χ0n) is 3.06. The van der Waals surface area contributed by atoms with Crippen LogP contribution in [0, 0.1) is 0 Å². The van der Waals surface area contributed by atoms with Crippen LogP contribution in [-0.2, 0) is 17.1 Å². The zero-order chi connectivity index (χ0) is 5.15. The molecule has 0 fully saturated rings. The Morgan fingerprint density at radius 1 is 0.714 bits per heavy atom. The first-order chi connectivity index (χ1) is 2.64. The van der Waals surface area contributed by atoms with Crippen molar-refractivity contribution in [3.63, 3.8) is 0 Å². The van der Waals surface area contributed by atoms with Crippen LogP contribution in [-0.4, -0.2) is 19.6 Å². The van der Waals surface area contributed by atoms with Crippen molar-refractivity contribution in [2.24, 2.45) is 0 Å². The fraction of sp³-hybridized carbons (Fsp3) is 0. The van der Waals surface area contributed by atoms with E-state index in [0.717, 1.165) is 0 Å². The maximum absolute atomic E-state index is 7.78. The minimum absolute atomic E-state index is 0. The van der Waals surface area contributed by atoms with Crippen molar-refractivity contribution in [1.82, 2.24) is 0 Å². The normalized spacial score (nSPS) is 9.43. The van der Waals surface area contributed by atoms with E-state index in [1.54, 1.807) is 0 Å². The summed E-state index contributed by atoms with van der Waals surface area (Å²) in [6.07, 6.45) is 0. The Balaban J connectivity index is 0. The third kappa shape index (κ3) is 7.22. The first-order valence-electron chi connectivity index (χ1n) is 1.000. The van der Waals surface area contributed by atoms with Gasteiger partial charge in [0, 0.05) is 17.1 Å². The molecule has 7 heteroatoms. The van der Waals surface area contributed by atoms with Gasteiger partial charge < -0.3 is 19.6 Å². The summed E-state index contributed by atoms with van der Waals surface area (Å²) in [4.78, 5) is 31.1. The first kappa shape index (κ1) is 11.1. The molecule has 1 radical (unpaired) electrons. The minimum Gasteiger partial charge on any atom is -0.344 e. The van der Waals surface area contributed by atoms with Crippen molar-refractivity contribution in [1.29, 1.82) is 0 Å². The van der Waals surface area contributed by atoms with Crippen LogP contribution < -0.4 is 0 Å². The smallest absolute Gasteiger partial charge is 0.250 e. The predicted molar refractivity (Wildman–Crippen MR) is 22.7 cm³/mol. The maximum Gasteiger partial charge on any atom is 0.250 e. The third-order valence-corrected chi connectivity index (χ3v) is 1.44. The molecule has 7 heavy (non-hydrogen) atoms. The van der Waals surface area contributed by atoms with Crippen LogP contribution >= 0.6 is 16.1 Å². The molecule has 0 heterocycles. The molecular formula is H4MnO4P2. The summed E-state index contributed by atoms with van der Waals surface area (Å²) in [5.41, 5.74) is 0. The second-order valence-electron chi connectivity index (χ2n) is 0.537. The topological polar surface area (TPSA) is 80.9 Å². The Morgan fingerprint density at radius 3 is 0.857 bits per heavy atom. The maximum atomic E-state index is 7.78. The summed E-state index contributed by atoms with van der Waals surface area (Å²) in [6.45, 7) is 0. The summed E-state index contributed by atoms with van der Waals surface area (Å²) in [6, 6.07) is 0. The second kappa shape index (κ2) is 5.36. The zero-order valence-corrected chi connectivity index (χ0v) is 6.03. The number of hydrogen-bond donors (Lipinski definition) is 4. The standard InChI is InChI=1S/Mn.H4O4P2/c;1-5(2)6(3)4/h;1-4H. The van der Waals surface area contributed by atoms with Gasteiger partial charge >= 0.3 is 0 Å². The van der Waals surface area contributed by atoms with Crippen LogP contribution in [0.25, 0.3) is 0 Å². The van der Waals surface area contributed by atoms with Crippen molar-refractivity contribution in [3.8, 4) is 0 Å². The van der Waals surface area contributed by atoms with Crippen LogP contribution in [0.1, 0.15) is 0 Å². The molecule has 0 aromatic heterocycles. The Hall–Kier alpha value is 1.22. The van der Waals surface area contributed by atoms with Crippen LogP contribution in [0.2, 0.25) is 0 Å². The Morgan fingerprint density at radius 2 is 0.857 bits per heavy atom. The molecule has 0 rings (SSSR count). The summed E-state index contributed by atoms with van der Waals surface area (Å²) in [5.74, 6) is 0. The SMILES string of the molecule is OP(O)P(O)O.[Mn]. The van der Waals surface area contributed by atoms with E-state index in [1.165, 1.54) is 0 Å². The number of rotatable bonds is 1. The van der Waals surface area contributed by atoms with Crippen molar-refractivity contribution in [2.45, 2.75) is 0 Å². The van der Waals surface area contributed by atoms with Gasteiger partial charge in [-0.15, -0.1) is 0 Å². The molecule has 0 saturated heterocycles. The van der Waals surface area contributed by atoms with E-state index in [1.807, 2.05) is 0 Å². The molecule has 0 amide bonds. The van der Waals surface area contributed by atoms with Crippen LogP contribution in [0.3, 0.4) is 0 Å². The van der Waals surface area contributed by atoms with Gasteiger partial charge in [-0.3, -0.25) is 0 Å². The van der Waals surface area contributed by atoms with Gasteiger partial charge in [-0.2, -0.15) is 0 Å². The molecule has 0 aromatic rings. The molecule has 0 spiro atoms. The first-order valence-corrected chi connectivity index (χ1v) is 4.20. The molecule has 0 aliphatic rings.